The lowest BCUT2D eigenvalue weighted by molar-refractivity contribution is -0.137. The third-order valence-corrected chi connectivity index (χ3v) is 3.93. The van der Waals surface area contributed by atoms with Gasteiger partial charge >= 0.3 is 6.18 Å². The van der Waals surface area contributed by atoms with Gasteiger partial charge in [-0.3, -0.25) is 9.79 Å². The predicted octanol–water partition coefficient (Wildman–Crippen LogP) is 4.43. The van der Waals surface area contributed by atoms with Crippen LogP contribution in [0.3, 0.4) is 0 Å². The Balaban J connectivity index is 2.35. The molecule has 3 rings (SSSR count). The Morgan fingerprint density at radius 2 is 1.68 bits per heavy atom. The van der Waals surface area contributed by atoms with Gasteiger partial charge in [0.05, 0.1) is 27.5 Å². The summed E-state index contributed by atoms with van der Waals surface area (Å²) in [6, 6.07) is 4.62. The van der Waals surface area contributed by atoms with E-state index in [0.29, 0.717) is 6.07 Å². The fourth-order valence-corrected chi connectivity index (χ4v) is 2.84. The Morgan fingerprint density at radius 1 is 1.04 bits per heavy atom. The minimum Gasteiger partial charge on any atom is -0.324 e. The van der Waals surface area contributed by atoms with Gasteiger partial charge in [0.25, 0.3) is 0 Å². The van der Waals surface area contributed by atoms with Gasteiger partial charge in [-0.15, -0.1) is 0 Å². The van der Waals surface area contributed by atoms with Crippen molar-refractivity contribution in [2.75, 3.05) is 11.9 Å². The van der Waals surface area contributed by atoms with Gasteiger partial charge in [-0.25, -0.2) is 8.78 Å². The second-order valence-corrected chi connectivity index (χ2v) is 5.54. The van der Waals surface area contributed by atoms with E-state index in [1.807, 2.05) is 0 Å². The van der Waals surface area contributed by atoms with Crippen LogP contribution in [0.2, 0.25) is 5.02 Å². The van der Waals surface area contributed by atoms with Crippen LogP contribution in [-0.4, -0.2) is 18.2 Å². The van der Waals surface area contributed by atoms with Gasteiger partial charge in [0.2, 0.25) is 5.91 Å². The third-order valence-electron chi connectivity index (χ3n) is 3.54. The number of anilines is 1. The van der Waals surface area contributed by atoms with Crippen LogP contribution in [0.25, 0.3) is 0 Å². The van der Waals surface area contributed by atoms with Crippen molar-refractivity contribution in [2.45, 2.75) is 6.18 Å². The quantitative estimate of drug-likeness (QED) is 0.737. The average molecular weight is 375 g/mol. The number of benzodiazepines with no additional fused rings is 1. The highest BCUT2D eigenvalue weighted by atomic mass is 35.5. The molecule has 2 aromatic carbocycles. The Kier molecular flexibility index (Phi) is 4.24. The first-order valence-corrected chi connectivity index (χ1v) is 7.26. The van der Waals surface area contributed by atoms with E-state index >= 15 is 0 Å². The van der Waals surface area contributed by atoms with Crippen molar-refractivity contribution in [3.63, 3.8) is 0 Å². The molecule has 3 nitrogen and oxygen atoms in total. The van der Waals surface area contributed by atoms with Gasteiger partial charge in [0, 0.05) is 5.56 Å². The Bertz CT molecular complexity index is 888. The van der Waals surface area contributed by atoms with E-state index in [1.54, 1.807) is 0 Å². The second kappa shape index (κ2) is 6.11. The summed E-state index contributed by atoms with van der Waals surface area (Å²) in [6.07, 6.45) is -4.79. The zero-order valence-electron chi connectivity index (χ0n) is 12.2. The number of alkyl halides is 3. The summed E-state index contributed by atoms with van der Waals surface area (Å²) in [7, 11) is 0. The fourth-order valence-electron chi connectivity index (χ4n) is 2.48. The summed E-state index contributed by atoms with van der Waals surface area (Å²) < 4.78 is 67.6. The number of fused-ring (bicyclic) bond motifs is 1. The highest BCUT2D eigenvalue weighted by Crippen LogP contribution is 2.40. The number of rotatable bonds is 1. The molecule has 0 bridgehead atoms. The van der Waals surface area contributed by atoms with Crippen LogP contribution in [0.15, 0.2) is 35.3 Å². The zero-order chi connectivity index (χ0) is 18.4. The normalized spacial score (nSPS) is 14.5. The fraction of sp³-hybridized carbons (Fsp3) is 0.125. The first kappa shape index (κ1) is 17.3. The number of benzene rings is 2. The summed E-state index contributed by atoms with van der Waals surface area (Å²) >= 11 is 5.88. The molecule has 0 aromatic heterocycles. The molecule has 1 aliphatic heterocycles. The third kappa shape index (κ3) is 3.09. The van der Waals surface area contributed by atoms with Crippen LogP contribution in [-0.2, 0) is 11.0 Å². The van der Waals surface area contributed by atoms with Crippen LogP contribution in [0.4, 0.5) is 27.6 Å². The molecule has 0 unspecified atom stereocenters. The number of hydrogen-bond acceptors (Lipinski definition) is 2. The van der Waals surface area contributed by atoms with Crippen molar-refractivity contribution in [2.24, 2.45) is 4.99 Å². The number of nitrogens with one attached hydrogen (secondary N) is 1. The minimum absolute atomic E-state index is 0.109. The molecule has 0 saturated carbocycles. The molecule has 0 atom stereocenters. The van der Waals surface area contributed by atoms with Crippen LogP contribution in [0, 0.1) is 11.6 Å². The number of amides is 1. The van der Waals surface area contributed by atoms with Crippen LogP contribution in [0.1, 0.15) is 16.7 Å². The topological polar surface area (TPSA) is 41.5 Å². The van der Waals surface area contributed by atoms with Gasteiger partial charge in [-0.05, 0) is 24.3 Å². The highest BCUT2D eigenvalue weighted by molar-refractivity contribution is 6.38. The molecule has 1 aliphatic rings. The van der Waals surface area contributed by atoms with Crippen molar-refractivity contribution >= 4 is 28.9 Å². The monoisotopic (exact) mass is 374 g/mol. The second-order valence-electron chi connectivity index (χ2n) is 5.16. The Morgan fingerprint density at radius 3 is 2.28 bits per heavy atom. The van der Waals surface area contributed by atoms with E-state index in [1.165, 1.54) is 0 Å². The number of nitrogens with zero attached hydrogens (tertiary/aromatic N) is 1. The molecule has 25 heavy (non-hydrogen) atoms. The van der Waals surface area contributed by atoms with Crippen molar-refractivity contribution in [1.82, 2.24) is 0 Å². The van der Waals surface area contributed by atoms with E-state index in [-0.39, 0.29) is 11.3 Å². The van der Waals surface area contributed by atoms with Crippen LogP contribution >= 0.6 is 11.6 Å². The molecule has 0 fully saturated rings. The number of aliphatic imine (C=N–C) groups is 1. The van der Waals surface area contributed by atoms with Gasteiger partial charge in [-0.2, -0.15) is 13.2 Å². The molecule has 0 saturated heterocycles. The van der Waals surface area contributed by atoms with Crippen molar-refractivity contribution in [3.8, 4) is 0 Å². The largest absolute Gasteiger partial charge is 0.417 e. The Hall–Kier alpha value is -2.48. The molecule has 0 radical (unpaired) electrons. The average Bonchev–Trinajstić information content (AvgIpc) is 2.66. The molecule has 1 heterocycles. The lowest BCUT2D eigenvalue weighted by atomic mass is 9.97. The summed E-state index contributed by atoms with van der Waals surface area (Å²) in [5, 5.41) is 1.53. The molecule has 0 spiro atoms. The van der Waals surface area contributed by atoms with Crippen molar-refractivity contribution in [1.29, 1.82) is 0 Å². The number of carbonyl (C=O) groups excluding carboxylic acids is 1. The molecule has 1 N–H and O–H groups in total. The molecule has 0 aliphatic carbocycles. The highest BCUT2D eigenvalue weighted by Gasteiger charge is 2.36. The van der Waals surface area contributed by atoms with Gasteiger partial charge in [0.1, 0.15) is 18.2 Å². The van der Waals surface area contributed by atoms with Crippen LogP contribution in [0.5, 0.6) is 0 Å². The van der Waals surface area contributed by atoms with E-state index in [2.05, 4.69) is 10.3 Å². The molecular formula is C16H8ClF5N2O. The maximum atomic E-state index is 14.1. The van der Waals surface area contributed by atoms with Gasteiger partial charge < -0.3 is 5.32 Å². The lowest BCUT2D eigenvalue weighted by Crippen LogP contribution is -2.15. The number of hydrogen-bond donors (Lipinski definition) is 1. The molecule has 130 valence electrons. The minimum atomic E-state index is -4.79. The standard InChI is InChI=1S/C16H8ClF5N2O/c17-14-7(16(20,21)22)4-5-10-13(14)15(23-6-11(25)24-10)12-8(18)2-1-3-9(12)19/h1-5H,6H2,(H,24,25). The maximum Gasteiger partial charge on any atom is 0.417 e. The SMILES string of the molecule is O=C1CN=C(c2c(F)cccc2F)c2c(ccc(C(F)(F)F)c2Cl)N1. The van der Waals surface area contributed by atoms with Crippen molar-refractivity contribution in [3.05, 3.63) is 63.7 Å². The summed E-state index contributed by atoms with van der Waals surface area (Å²) in [4.78, 5) is 15.5. The van der Waals surface area contributed by atoms with Gasteiger partial charge in [-0.1, -0.05) is 17.7 Å². The summed E-state index contributed by atoms with van der Waals surface area (Å²) in [5.41, 5.74) is -2.80. The first-order valence-electron chi connectivity index (χ1n) is 6.89. The maximum absolute atomic E-state index is 14.1. The van der Waals surface area contributed by atoms with E-state index in [4.69, 9.17) is 11.6 Å². The number of halogens is 6. The predicted molar refractivity (Wildman–Crippen MR) is 81.9 cm³/mol. The van der Waals surface area contributed by atoms with E-state index < -0.39 is 52.1 Å². The molecule has 1 amide bonds. The molecular weight excluding hydrogens is 367 g/mol. The van der Waals surface area contributed by atoms with E-state index in [9.17, 15) is 26.7 Å². The summed E-state index contributed by atoms with van der Waals surface area (Å²) in [5.74, 6) is -2.72. The van der Waals surface area contributed by atoms with E-state index in [0.717, 1.165) is 24.3 Å². The van der Waals surface area contributed by atoms with Crippen molar-refractivity contribution < 1.29 is 26.7 Å². The molecule has 2 aromatic rings. The smallest absolute Gasteiger partial charge is 0.324 e. The van der Waals surface area contributed by atoms with Gasteiger partial charge in [0.15, 0.2) is 0 Å². The Labute approximate surface area is 143 Å². The van der Waals surface area contributed by atoms with Crippen LogP contribution < -0.4 is 5.32 Å². The molecule has 9 heteroatoms. The zero-order valence-corrected chi connectivity index (χ0v) is 13.0. The summed E-state index contributed by atoms with van der Waals surface area (Å²) in [6.45, 7) is -0.518. The first-order chi connectivity index (χ1) is 11.7. The lowest BCUT2D eigenvalue weighted by Gasteiger charge is -2.17. The number of carbonyl (C=O) groups is 1.